The predicted molar refractivity (Wildman–Crippen MR) is 82.0 cm³/mol. The van der Waals surface area contributed by atoms with Crippen LogP contribution in [0.5, 0.6) is 0 Å². The number of rotatable bonds is 6. The molecule has 21 heavy (non-hydrogen) atoms. The van der Waals surface area contributed by atoms with Crippen LogP contribution < -0.4 is 0 Å². The monoisotopic (exact) mass is 284 g/mol. The number of carbonyl (C=O) groups excluding carboxylic acids is 1. The molecule has 0 aromatic heterocycles. The van der Waals surface area contributed by atoms with Crippen LogP contribution in [0.4, 0.5) is 0 Å². The van der Waals surface area contributed by atoms with E-state index in [-0.39, 0.29) is 18.3 Å². The average Bonchev–Trinajstić information content (AvgIpc) is 2.55. The first-order valence-corrected chi connectivity index (χ1v) is 7.07. The quantitative estimate of drug-likeness (QED) is 0.829. The highest BCUT2D eigenvalue weighted by Crippen LogP contribution is 2.30. The number of aliphatic hydroxyl groups is 1. The first-order valence-electron chi connectivity index (χ1n) is 7.07. The molecule has 0 fully saturated rings. The lowest BCUT2D eigenvalue weighted by molar-refractivity contribution is -0.141. The molecule has 110 valence electrons. The van der Waals surface area contributed by atoms with E-state index >= 15 is 0 Å². The lowest BCUT2D eigenvalue weighted by atomic mass is 9.85. The third-order valence-corrected chi connectivity index (χ3v) is 3.57. The Balaban J connectivity index is 2.22. The molecule has 0 heterocycles. The Morgan fingerprint density at radius 2 is 1.48 bits per heavy atom. The average molecular weight is 284 g/mol. The number of carbonyl (C=O) groups is 1. The van der Waals surface area contributed by atoms with Gasteiger partial charge in [0.2, 0.25) is 0 Å². The van der Waals surface area contributed by atoms with E-state index in [4.69, 9.17) is 0 Å². The van der Waals surface area contributed by atoms with Crippen molar-refractivity contribution >= 4 is 5.97 Å². The van der Waals surface area contributed by atoms with Crippen molar-refractivity contribution in [3.8, 4) is 0 Å². The maximum absolute atomic E-state index is 11.3. The molecule has 0 radical (unpaired) electrons. The maximum atomic E-state index is 11.3. The molecule has 2 aromatic carbocycles. The summed E-state index contributed by atoms with van der Waals surface area (Å²) in [5, 5.41) is 10.6. The van der Waals surface area contributed by atoms with Gasteiger partial charge in [-0.15, -0.1) is 0 Å². The molecule has 0 aliphatic carbocycles. The van der Waals surface area contributed by atoms with Gasteiger partial charge in [0.1, 0.15) is 0 Å². The van der Waals surface area contributed by atoms with Gasteiger partial charge in [0.25, 0.3) is 0 Å². The van der Waals surface area contributed by atoms with Crippen LogP contribution in [0.1, 0.15) is 29.9 Å². The minimum atomic E-state index is -0.631. The number of hydrogen-bond acceptors (Lipinski definition) is 3. The van der Waals surface area contributed by atoms with E-state index in [1.165, 1.54) is 7.11 Å². The van der Waals surface area contributed by atoms with Crippen LogP contribution in [0, 0.1) is 0 Å². The molecule has 0 aliphatic heterocycles. The topological polar surface area (TPSA) is 46.5 Å². The van der Waals surface area contributed by atoms with E-state index in [9.17, 15) is 9.90 Å². The minimum absolute atomic E-state index is 0.142. The van der Waals surface area contributed by atoms with Gasteiger partial charge in [0, 0.05) is 12.3 Å². The van der Waals surface area contributed by atoms with Gasteiger partial charge in [0.05, 0.1) is 13.2 Å². The second-order valence-electron chi connectivity index (χ2n) is 4.98. The fraction of sp³-hybridized carbons (Fsp3) is 0.278. The molecule has 3 nitrogen and oxygen atoms in total. The Morgan fingerprint density at radius 3 is 1.90 bits per heavy atom. The first kappa shape index (κ1) is 15.3. The van der Waals surface area contributed by atoms with E-state index in [2.05, 4.69) is 4.74 Å². The van der Waals surface area contributed by atoms with Crippen molar-refractivity contribution in [1.29, 1.82) is 0 Å². The van der Waals surface area contributed by atoms with E-state index in [1.807, 2.05) is 60.7 Å². The van der Waals surface area contributed by atoms with E-state index in [0.29, 0.717) is 6.42 Å². The smallest absolute Gasteiger partial charge is 0.305 e. The molecule has 0 bridgehead atoms. The summed E-state index contributed by atoms with van der Waals surface area (Å²) in [4.78, 5) is 11.3. The van der Waals surface area contributed by atoms with Gasteiger partial charge in [-0.3, -0.25) is 4.79 Å². The van der Waals surface area contributed by atoms with E-state index in [0.717, 1.165) is 11.1 Å². The molecule has 0 saturated heterocycles. The summed E-state index contributed by atoms with van der Waals surface area (Å²) < 4.78 is 4.64. The molecule has 0 amide bonds. The molecule has 3 heteroatoms. The number of ether oxygens (including phenoxy) is 1. The fourth-order valence-corrected chi connectivity index (χ4v) is 2.49. The van der Waals surface area contributed by atoms with Crippen molar-refractivity contribution < 1.29 is 14.6 Å². The van der Waals surface area contributed by atoms with Crippen LogP contribution >= 0.6 is 0 Å². The largest absolute Gasteiger partial charge is 0.469 e. The Kier molecular flexibility index (Phi) is 5.52. The summed E-state index contributed by atoms with van der Waals surface area (Å²) in [7, 11) is 1.36. The summed E-state index contributed by atoms with van der Waals surface area (Å²) >= 11 is 0. The number of benzene rings is 2. The zero-order valence-corrected chi connectivity index (χ0v) is 12.1. The van der Waals surface area contributed by atoms with Crippen molar-refractivity contribution in [2.45, 2.75) is 24.9 Å². The molecule has 1 N–H and O–H groups in total. The molecule has 0 saturated carbocycles. The fourth-order valence-electron chi connectivity index (χ4n) is 2.49. The van der Waals surface area contributed by atoms with Crippen molar-refractivity contribution in [3.63, 3.8) is 0 Å². The number of methoxy groups -OCH3 is 1. The number of esters is 1. The Labute approximate surface area is 125 Å². The van der Waals surface area contributed by atoms with Gasteiger partial charge in [0.15, 0.2) is 0 Å². The van der Waals surface area contributed by atoms with Crippen molar-refractivity contribution in [2.24, 2.45) is 0 Å². The lowest BCUT2D eigenvalue weighted by Gasteiger charge is -2.23. The number of aliphatic hydroxyl groups excluding tert-OH is 1. The summed E-state index contributed by atoms with van der Waals surface area (Å²) in [5.41, 5.74) is 2.09. The van der Waals surface area contributed by atoms with Gasteiger partial charge in [-0.05, 0) is 17.5 Å². The zero-order valence-electron chi connectivity index (χ0n) is 12.1. The Morgan fingerprint density at radius 1 is 1.00 bits per heavy atom. The van der Waals surface area contributed by atoms with Gasteiger partial charge < -0.3 is 9.84 Å². The highest BCUT2D eigenvalue weighted by molar-refractivity contribution is 5.69. The van der Waals surface area contributed by atoms with Crippen LogP contribution in [0.25, 0.3) is 0 Å². The molecule has 1 atom stereocenters. The SMILES string of the molecule is COC(=O)CCC(O)C(c1ccccc1)c1ccccc1. The molecule has 0 aliphatic rings. The second kappa shape index (κ2) is 7.60. The highest BCUT2D eigenvalue weighted by Gasteiger charge is 2.23. The third-order valence-electron chi connectivity index (χ3n) is 3.57. The van der Waals surface area contributed by atoms with Crippen molar-refractivity contribution in [1.82, 2.24) is 0 Å². The summed E-state index contributed by atoms with van der Waals surface area (Å²) in [5.74, 6) is -0.439. The van der Waals surface area contributed by atoms with Gasteiger partial charge in [-0.1, -0.05) is 60.7 Å². The van der Waals surface area contributed by atoms with Crippen LogP contribution in [-0.2, 0) is 9.53 Å². The van der Waals surface area contributed by atoms with Gasteiger partial charge in [-0.25, -0.2) is 0 Å². The van der Waals surface area contributed by atoms with Crippen molar-refractivity contribution in [2.75, 3.05) is 7.11 Å². The number of hydrogen-bond donors (Lipinski definition) is 1. The Bertz CT molecular complexity index is 512. The molecule has 2 aromatic rings. The van der Waals surface area contributed by atoms with Crippen LogP contribution in [-0.4, -0.2) is 24.3 Å². The second-order valence-corrected chi connectivity index (χ2v) is 4.98. The molecule has 2 rings (SSSR count). The first-order chi connectivity index (χ1) is 10.2. The zero-order chi connectivity index (χ0) is 15.1. The molecular formula is C18H20O3. The van der Waals surface area contributed by atoms with Gasteiger partial charge >= 0.3 is 5.97 Å². The predicted octanol–water partition coefficient (Wildman–Crippen LogP) is 3.13. The Hall–Kier alpha value is -2.13. The van der Waals surface area contributed by atoms with Crippen molar-refractivity contribution in [3.05, 3.63) is 71.8 Å². The molecular weight excluding hydrogens is 264 g/mol. The minimum Gasteiger partial charge on any atom is -0.469 e. The van der Waals surface area contributed by atoms with E-state index in [1.54, 1.807) is 0 Å². The standard InChI is InChI=1S/C18H20O3/c1-21-17(20)13-12-16(19)18(14-8-4-2-5-9-14)15-10-6-3-7-11-15/h2-11,16,18-19H,12-13H2,1H3. The van der Waals surface area contributed by atoms with Gasteiger partial charge in [-0.2, -0.15) is 0 Å². The highest BCUT2D eigenvalue weighted by atomic mass is 16.5. The lowest BCUT2D eigenvalue weighted by Crippen LogP contribution is -2.21. The maximum Gasteiger partial charge on any atom is 0.305 e. The normalized spacial score (nSPS) is 12.1. The third kappa shape index (κ3) is 4.17. The summed E-state index contributed by atoms with van der Waals surface area (Å²) in [6, 6.07) is 19.7. The summed E-state index contributed by atoms with van der Waals surface area (Å²) in [6.45, 7) is 0. The van der Waals surface area contributed by atoms with E-state index < -0.39 is 6.10 Å². The summed E-state index contributed by atoms with van der Waals surface area (Å²) in [6.07, 6.45) is -0.0384. The molecule has 0 spiro atoms. The van der Waals surface area contributed by atoms with Crippen LogP contribution in [0.3, 0.4) is 0 Å². The van der Waals surface area contributed by atoms with Crippen LogP contribution in [0.15, 0.2) is 60.7 Å². The van der Waals surface area contributed by atoms with Crippen LogP contribution in [0.2, 0.25) is 0 Å². The molecule has 1 unspecified atom stereocenters.